The third kappa shape index (κ3) is 4.08. The number of aromatic hydroxyl groups is 1. The minimum Gasteiger partial charge on any atom is -0.504 e. The van der Waals surface area contributed by atoms with Crippen molar-refractivity contribution in [1.29, 1.82) is 0 Å². The minimum atomic E-state index is -5.08. The van der Waals surface area contributed by atoms with Crippen molar-refractivity contribution in [2.45, 2.75) is 74.0 Å². The summed E-state index contributed by atoms with van der Waals surface area (Å²) >= 11 is 0. The van der Waals surface area contributed by atoms with Crippen molar-refractivity contribution in [1.82, 2.24) is 4.90 Å². The summed E-state index contributed by atoms with van der Waals surface area (Å²) in [6.07, 6.45) is -1.73. The number of nitrogens with zero attached hydrogens (tertiary/aromatic N) is 1. The third-order valence-electron chi connectivity index (χ3n) is 8.50. The Balaban J connectivity index is 0.000000355. The highest BCUT2D eigenvalue weighted by atomic mass is 19.4. The molecule has 2 bridgehead atoms. The van der Waals surface area contributed by atoms with Gasteiger partial charge in [-0.15, -0.1) is 0 Å². The number of aliphatic carboxylic acids is 1. The number of rotatable bonds is 6. The fourth-order valence-corrected chi connectivity index (χ4v) is 6.83. The lowest BCUT2D eigenvalue weighted by molar-refractivity contribution is -0.222. The Morgan fingerprint density at radius 2 is 1.97 bits per heavy atom. The molecule has 1 aromatic rings. The van der Waals surface area contributed by atoms with E-state index in [9.17, 15) is 33.3 Å². The van der Waals surface area contributed by atoms with Crippen LogP contribution in [0.2, 0.25) is 0 Å². The smallest absolute Gasteiger partial charge is 0.490 e. The molecule has 1 spiro atoms. The molecule has 1 aromatic carbocycles. The number of ketones is 1. The number of aliphatic hydroxyl groups is 2. The van der Waals surface area contributed by atoms with Crippen LogP contribution >= 0.6 is 0 Å². The van der Waals surface area contributed by atoms with Gasteiger partial charge in [0.25, 0.3) is 0 Å². The number of hydrogen-bond donors (Lipinski definition) is 4. The molecule has 0 amide bonds. The van der Waals surface area contributed by atoms with Crippen LogP contribution in [-0.4, -0.2) is 93.4 Å². The van der Waals surface area contributed by atoms with Crippen LogP contribution in [0.25, 0.3) is 0 Å². The number of halogens is 3. The lowest BCUT2D eigenvalue weighted by Gasteiger charge is -2.64. The molecule has 9 nitrogen and oxygen atoms in total. The van der Waals surface area contributed by atoms with E-state index in [2.05, 4.69) is 4.90 Å². The number of Topliss-reactive ketones (excluding diaryl/α,β-unsaturated/α-hetero) is 1. The van der Waals surface area contributed by atoms with Crippen molar-refractivity contribution in [3.63, 3.8) is 0 Å². The second kappa shape index (κ2) is 9.11. The fraction of sp³-hybridized carbons (Fsp3) is 0.680. The number of aliphatic hydroxyl groups excluding tert-OH is 2. The first kappa shape index (κ1) is 26.2. The van der Waals surface area contributed by atoms with E-state index >= 15 is 0 Å². The van der Waals surface area contributed by atoms with Crippen molar-refractivity contribution in [2.24, 2.45) is 5.92 Å². The van der Waals surface area contributed by atoms with E-state index in [1.165, 1.54) is 12.8 Å². The van der Waals surface area contributed by atoms with E-state index < -0.39 is 35.4 Å². The normalized spacial score (nSPS) is 32.6. The van der Waals surface area contributed by atoms with E-state index in [0.29, 0.717) is 18.6 Å². The molecule has 204 valence electrons. The van der Waals surface area contributed by atoms with Gasteiger partial charge in [-0.1, -0.05) is 6.07 Å². The van der Waals surface area contributed by atoms with E-state index in [1.54, 1.807) is 6.07 Å². The SMILES string of the molecule is O=C(O)C(F)(F)F.O=C1CC[C@@]2(OCC(O)CO)[C@H]3Cc4ccc(O)c5c4C2(CCN3CC2CC2)[C@H]1O5. The van der Waals surface area contributed by atoms with Gasteiger partial charge in [-0.25, -0.2) is 4.79 Å². The highest BCUT2D eigenvalue weighted by Gasteiger charge is 2.74. The Bertz CT molecular complexity index is 1090. The van der Waals surface area contributed by atoms with Crippen molar-refractivity contribution in [3.05, 3.63) is 23.3 Å². The zero-order valence-corrected chi connectivity index (χ0v) is 20.0. The molecule has 3 aliphatic carbocycles. The lowest BCUT2D eigenvalue weighted by Crippen LogP contribution is -2.77. The highest BCUT2D eigenvalue weighted by molar-refractivity contribution is 5.90. The molecule has 5 atom stereocenters. The van der Waals surface area contributed by atoms with Crippen LogP contribution in [0.5, 0.6) is 11.5 Å². The number of phenolic OH excluding ortho intramolecular Hbond substituents is 1. The van der Waals surface area contributed by atoms with Gasteiger partial charge in [0.15, 0.2) is 23.4 Å². The molecule has 3 fully saturated rings. The van der Waals surface area contributed by atoms with Crippen LogP contribution in [0.4, 0.5) is 13.2 Å². The van der Waals surface area contributed by atoms with Crippen molar-refractivity contribution >= 4 is 11.8 Å². The summed E-state index contributed by atoms with van der Waals surface area (Å²) in [5, 5.41) is 37.2. The third-order valence-corrected chi connectivity index (χ3v) is 8.50. The summed E-state index contributed by atoms with van der Waals surface area (Å²) in [5.74, 6) is -1.44. The van der Waals surface area contributed by atoms with Gasteiger partial charge in [-0.05, 0) is 56.2 Å². The summed E-state index contributed by atoms with van der Waals surface area (Å²) in [6.45, 7) is 1.57. The van der Waals surface area contributed by atoms with Crippen molar-refractivity contribution in [3.8, 4) is 11.5 Å². The minimum absolute atomic E-state index is 0.0242. The first-order valence-electron chi connectivity index (χ1n) is 12.5. The monoisotopic (exact) mass is 529 g/mol. The lowest BCUT2D eigenvalue weighted by atomic mass is 9.48. The molecule has 0 radical (unpaired) electrons. The first-order valence-corrected chi connectivity index (χ1v) is 12.5. The number of carboxylic acids is 1. The van der Waals surface area contributed by atoms with Gasteiger partial charge in [0, 0.05) is 24.6 Å². The maximum absolute atomic E-state index is 13.1. The van der Waals surface area contributed by atoms with Crippen LogP contribution in [0.15, 0.2) is 12.1 Å². The summed E-state index contributed by atoms with van der Waals surface area (Å²) in [5.41, 5.74) is 0.749. The molecule has 2 unspecified atom stereocenters. The largest absolute Gasteiger partial charge is 0.504 e. The summed E-state index contributed by atoms with van der Waals surface area (Å²) in [7, 11) is 0. The Morgan fingerprint density at radius 3 is 2.59 bits per heavy atom. The molecule has 12 heteroatoms. The maximum Gasteiger partial charge on any atom is 0.490 e. The van der Waals surface area contributed by atoms with Crippen molar-refractivity contribution in [2.75, 3.05) is 26.3 Å². The van der Waals surface area contributed by atoms with Crippen molar-refractivity contribution < 1.29 is 52.7 Å². The molecule has 1 saturated heterocycles. The average Bonchev–Trinajstić information content (AvgIpc) is 3.59. The van der Waals surface area contributed by atoms with E-state index in [0.717, 1.165) is 43.0 Å². The second-order valence-corrected chi connectivity index (χ2v) is 10.6. The second-order valence-electron chi connectivity index (χ2n) is 10.6. The van der Waals surface area contributed by atoms with Crippen LogP contribution in [-0.2, 0) is 26.2 Å². The zero-order chi connectivity index (χ0) is 26.8. The number of likely N-dealkylation sites (tertiary alicyclic amines) is 1. The number of ether oxygens (including phenoxy) is 2. The number of carbonyl (C=O) groups is 2. The van der Waals surface area contributed by atoms with Gasteiger partial charge in [0.05, 0.1) is 24.2 Å². The van der Waals surface area contributed by atoms with Crippen LogP contribution in [0, 0.1) is 5.92 Å². The van der Waals surface area contributed by atoms with Gasteiger partial charge in [0.2, 0.25) is 0 Å². The fourth-order valence-electron chi connectivity index (χ4n) is 6.83. The Kier molecular flexibility index (Phi) is 6.45. The first-order chi connectivity index (χ1) is 17.4. The van der Waals surface area contributed by atoms with Gasteiger partial charge >= 0.3 is 12.1 Å². The molecule has 0 aromatic heterocycles. The maximum atomic E-state index is 13.1. The number of phenols is 1. The van der Waals surface area contributed by atoms with Crippen LogP contribution in [0.1, 0.15) is 43.2 Å². The predicted octanol–water partition coefficient (Wildman–Crippen LogP) is 1.54. The van der Waals surface area contributed by atoms with Crippen LogP contribution < -0.4 is 4.74 Å². The molecule has 5 aliphatic rings. The molecule has 6 rings (SSSR count). The number of piperidine rings is 1. The summed E-state index contributed by atoms with van der Waals surface area (Å²) < 4.78 is 44.5. The van der Waals surface area contributed by atoms with E-state index in [1.807, 2.05) is 6.07 Å². The number of carboxylic acid groups (broad SMARTS) is 1. The summed E-state index contributed by atoms with van der Waals surface area (Å²) in [6, 6.07) is 3.73. The molecule has 4 N–H and O–H groups in total. The Labute approximate surface area is 210 Å². The molecule has 2 aliphatic heterocycles. The van der Waals surface area contributed by atoms with Gasteiger partial charge in [-0.3, -0.25) is 9.69 Å². The highest BCUT2D eigenvalue weighted by Crippen LogP contribution is 2.66. The van der Waals surface area contributed by atoms with E-state index in [4.69, 9.17) is 19.4 Å². The summed E-state index contributed by atoms with van der Waals surface area (Å²) in [4.78, 5) is 24.5. The van der Waals surface area contributed by atoms with Gasteiger partial charge in [-0.2, -0.15) is 13.2 Å². The van der Waals surface area contributed by atoms with Gasteiger partial charge < -0.3 is 29.9 Å². The standard InChI is InChI=1S/C23H29NO6.C2HF3O2/c25-11-15(26)12-29-23-6-5-17(28)21-22(23)7-8-24(10-13-1-2-13)18(23)9-14-3-4-16(27)20(30-21)19(14)22;3-2(4,5)1(6)7/h3-4,13,15,18,21,25-27H,1-2,5-12H2;(H,6,7)/t15?,18-,21+,22?,23-;/m1./s1. The molecule has 2 heterocycles. The molecular weight excluding hydrogens is 499 g/mol. The zero-order valence-electron chi connectivity index (χ0n) is 20.0. The quantitative estimate of drug-likeness (QED) is 0.433. The number of benzene rings is 1. The Morgan fingerprint density at radius 1 is 1.27 bits per heavy atom. The number of carbonyl (C=O) groups excluding carboxylic acids is 1. The molecular formula is C25H30F3NO8. The molecule has 2 saturated carbocycles. The average molecular weight is 530 g/mol. The predicted molar refractivity (Wildman–Crippen MR) is 120 cm³/mol. The molecule has 37 heavy (non-hydrogen) atoms. The van der Waals surface area contributed by atoms with E-state index in [-0.39, 0.29) is 30.8 Å². The Hall–Kier alpha value is -2.41. The number of alkyl halides is 3. The number of hydrogen-bond acceptors (Lipinski definition) is 8. The van der Waals surface area contributed by atoms with Crippen LogP contribution in [0.3, 0.4) is 0 Å². The van der Waals surface area contributed by atoms with Gasteiger partial charge in [0.1, 0.15) is 6.10 Å². The topological polar surface area (TPSA) is 137 Å².